The van der Waals surface area contributed by atoms with Gasteiger partial charge in [0.05, 0.1) is 23.6 Å². The molecule has 0 radical (unpaired) electrons. The summed E-state index contributed by atoms with van der Waals surface area (Å²) in [7, 11) is 0. The summed E-state index contributed by atoms with van der Waals surface area (Å²) in [5.74, 6) is -0.264. The molecule has 0 spiro atoms. The predicted molar refractivity (Wildman–Crippen MR) is 112 cm³/mol. The molecular formula is C25H20FN3O. The summed E-state index contributed by atoms with van der Waals surface area (Å²) in [6.45, 7) is 9.56. The van der Waals surface area contributed by atoms with Gasteiger partial charge in [0, 0.05) is 23.0 Å². The lowest BCUT2D eigenvalue weighted by atomic mass is 9.62. The van der Waals surface area contributed by atoms with Crippen molar-refractivity contribution in [2.24, 2.45) is 5.92 Å². The zero-order valence-electron chi connectivity index (χ0n) is 16.6. The van der Waals surface area contributed by atoms with Crippen LogP contribution in [-0.4, -0.2) is 15.6 Å². The Bertz CT molecular complexity index is 1220. The molecule has 2 aliphatic rings. The summed E-state index contributed by atoms with van der Waals surface area (Å²) >= 11 is 0. The van der Waals surface area contributed by atoms with Gasteiger partial charge in [-0.05, 0) is 43.0 Å². The fraction of sp³-hybridized carbons (Fsp3) is 0.240. The Morgan fingerprint density at radius 1 is 1.17 bits per heavy atom. The van der Waals surface area contributed by atoms with E-state index in [9.17, 15) is 9.18 Å². The van der Waals surface area contributed by atoms with Gasteiger partial charge in [0.1, 0.15) is 5.82 Å². The number of halogens is 1. The van der Waals surface area contributed by atoms with Crippen LogP contribution in [0.2, 0.25) is 0 Å². The van der Waals surface area contributed by atoms with Crippen molar-refractivity contribution in [3.05, 3.63) is 94.9 Å². The maximum Gasteiger partial charge on any atom is 0.226 e. The molecule has 0 fully saturated rings. The number of carbonyl (C=O) groups excluding carboxylic acids is 1. The summed E-state index contributed by atoms with van der Waals surface area (Å²) in [6, 6.07) is 16.3. The van der Waals surface area contributed by atoms with Crippen LogP contribution < -0.4 is 0 Å². The Morgan fingerprint density at radius 3 is 2.60 bits per heavy atom. The summed E-state index contributed by atoms with van der Waals surface area (Å²) in [6.07, 6.45) is 3.89. The van der Waals surface area contributed by atoms with Crippen molar-refractivity contribution in [1.82, 2.24) is 9.78 Å². The third-order valence-corrected chi connectivity index (χ3v) is 6.48. The van der Waals surface area contributed by atoms with Gasteiger partial charge in [-0.3, -0.25) is 0 Å². The quantitative estimate of drug-likeness (QED) is 0.552. The molecule has 148 valence electrons. The van der Waals surface area contributed by atoms with Crippen LogP contribution in [0.4, 0.5) is 4.39 Å². The smallest absolute Gasteiger partial charge is 0.226 e. The van der Waals surface area contributed by atoms with E-state index in [4.69, 9.17) is 11.7 Å². The van der Waals surface area contributed by atoms with Crippen LogP contribution >= 0.6 is 0 Å². The molecule has 0 amide bonds. The molecule has 5 heteroatoms. The topological polar surface area (TPSA) is 39.2 Å². The molecule has 0 aliphatic heterocycles. The first kappa shape index (κ1) is 18.5. The summed E-state index contributed by atoms with van der Waals surface area (Å²) < 4.78 is 15.5. The first-order chi connectivity index (χ1) is 14.5. The highest BCUT2D eigenvalue weighted by Gasteiger charge is 2.47. The molecule has 2 aliphatic carbocycles. The Hall–Kier alpha value is -3.52. The first-order valence-corrected chi connectivity index (χ1v) is 10.1. The van der Waals surface area contributed by atoms with E-state index >= 15 is 0 Å². The predicted octanol–water partition coefficient (Wildman–Crippen LogP) is 5.27. The molecular weight excluding hydrogens is 377 g/mol. The molecule has 0 saturated carbocycles. The minimum absolute atomic E-state index is 0.0768. The van der Waals surface area contributed by atoms with Crippen molar-refractivity contribution in [2.75, 3.05) is 0 Å². The highest BCUT2D eigenvalue weighted by molar-refractivity contribution is 5.98. The first-order valence-electron chi connectivity index (χ1n) is 10.1. The van der Waals surface area contributed by atoms with Crippen LogP contribution in [0.25, 0.3) is 21.8 Å². The van der Waals surface area contributed by atoms with E-state index in [1.165, 1.54) is 12.1 Å². The van der Waals surface area contributed by atoms with Crippen LogP contribution in [0.3, 0.4) is 0 Å². The zero-order valence-corrected chi connectivity index (χ0v) is 16.6. The highest BCUT2D eigenvalue weighted by atomic mass is 19.1. The van der Waals surface area contributed by atoms with Gasteiger partial charge >= 0.3 is 0 Å². The molecule has 0 bridgehead atoms. The van der Waals surface area contributed by atoms with Gasteiger partial charge in [-0.1, -0.05) is 43.3 Å². The van der Waals surface area contributed by atoms with E-state index in [0.717, 1.165) is 41.0 Å². The standard InChI is InChI=1S/C25H20FN3O/c1-25-15-21(27-2)22(30)14-17(25)8-13-20-23(16-6-4-3-5-7-16)28-29(24(20)25)19-11-9-18(26)10-12-19/h3-7,9-12,15,17H,8,13-14H2,1H3/t17-,25-/m1/s1. The molecule has 0 saturated heterocycles. The maximum atomic E-state index is 13.6. The van der Waals surface area contributed by atoms with Crippen molar-refractivity contribution < 1.29 is 9.18 Å². The van der Waals surface area contributed by atoms with Crippen LogP contribution in [0, 0.1) is 18.3 Å². The molecule has 2 aromatic carbocycles. The van der Waals surface area contributed by atoms with E-state index < -0.39 is 5.41 Å². The Kier molecular flexibility index (Phi) is 4.18. The molecule has 0 unspecified atom stereocenters. The van der Waals surface area contributed by atoms with Crippen LogP contribution in [0.1, 0.15) is 31.0 Å². The SMILES string of the molecule is [C-]#[N+]C1=C[C@@]2(C)c3c(c(-c4ccccc4)nn3-c3ccc(F)cc3)CC[C@@H]2CC1=O. The second-order valence-electron chi connectivity index (χ2n) is 8.22. The number of ketones is 1. The van der Waals surface area contributed by atoms with Gasteiger partial charge in [0.15, 0.2) is 5.78 Å². The van der Waals surface area contributed by atoms with Crippen molar-refractivity contribution in [2.45, 2.75) is 31.6 Å². The Labute approximate surface area is 174 Å². The largest absolute Gasteiger partial charge is 0.308 e. The third-order valence-electron chi connectivity index (χ3n) is 6.48. The molecule has 5 rings (SSSR count). The van der Waals surface area contributed by atoms with Crippen molar-refractivity contribution in [3.63, 3.8) is 0 Å². The number of rotatable bonds is 2. The van der Waals surface area contributed by atoms with E-state index in [2.05, 4.69) is 11.8 Å². The van der Waals surface area contributed by atoms with E-state index in [1.807, 2.05) is 41.1 Å². The van der Waals surface area contributed by atoms with Gasteiger partial charge in [0.2, 0.25) is 5.70 Å². The van der Waals surface area contributed by atoms with Crippen LogP contribution in [0.15, 0.2) is 66.4 Å². The summed E-state index contributed by atoms with van der Waals surface area (Å²) in [5, 5.41) is 4.97. The monoisotopic (exact) mass is 397 g/mol. The number of nitrogens with zero attached hydrogens (tertiary/aromatic N) is 3. The Morgan fingerprint density at radius 2 is 1.90 bits per heavy atom. The average Bonchev–Trinajstić information content (AvgIpc) is 3.16. The van der Waals surface area contributed by atoms with Crippen molar-refractivity contribution >= 4 is 5.78 Å². The number of benzene rings is 2. The average molecular weight is 397 g/mol. The van der Waals surface area contributed by atoms with Gasteiger partial charge in [-0.2, -0.15) is 5.10 Å². The zero-order chi connectivity index (χ0) is 20.9. The van der Waals surface area contributed by atoms with Crippen molar-refractivity contribution in [1.29, 1.82) is 0 Å². The molecule has 0 N–H and O–H groups in total. The molecule has 4 nitrogen and oxygen atoms in total. The lowest BCUT2D eigenvalue weighted by molar-refractivity contribution is -0.117. The number of hydrogen-bond donors (Lipinski definition) is 0. The number of allylic oxidation sites excluding steroid dienone is 2. The number of fused-ring (bicyclic) bond motifs is 3. The maximum absolute atomic E-state index is 13.6. The van der Waals surface area contributed by atoms with E-state index in [-0.39, 0.29) is 23.2 Å². The van der Waals surface area contributed by atoms with Crippen LogP contribution in [0.5, 0.6) is 0 Å². The molecule has 1 aromatic heterocycles. The number of Topliss-reactive ketones (excluding diaryl/α,β-unsaturated/α-hetero) is 1. The van der Waals surface area contributed by atoms with E-state index in [1.54, 1.807) is 12.1 Å². The lowest BCUT2D eigenvalue weighted by Crippen LogP contribution is -2.41. The minimum atomic E-state index is -0.490. The summed E-state index contributed by atoms with van der Waals surface area (Å²) in [5.41, 5.74) is 4.55. The number of aromatic nitrogens is 2. The number of hydrogen-bond acceptors (Lipinski definition) is 2. The second kappa shape index (κ2) is 6.77. The van der Waals surface area contributed by atoms with E-state index in [0.29, 0.717) is 6.42 Å². The fourth-order valence-corrected chi connectivity index (χ4v) is 4.94. The minimum Gasteiger partial charge on any atom is -0.308 e. The van der Waals surface area contributed by atoms with Gasteiger partial charge in [-0.15, -0.1) is 0 Å². The normalized spacial score (nSPS) is 22.6. The number of carbonyl (C=O) groups is 1. The fourth-order valence-electron chi connectivity index (χ4n) is 4.94. The molecule has 30 heavy (non-hydrogen) atoms. The van der Waals surface area contributed by atoms with Crippen molar-refractivity contribution in [3.8, 4) is 16.9 Å². The third kappa shape index (κ3) is 2.72. The highest BCUT2D eigenvalue weighted by Crippen LogP contribution is 2.50. The molecule has 3 aromatic rings. The van der Waals surface area contributed by atoms with Gasteiger partial charge in [-0.25, -0.2) is 13.9 Å². The Balaban J connectivity index is 1.81. The molecule has 2 atom stereocenters. The second-order valence-corrected chi connectivity index (χ2v) is 8.22. The van der Waals surface area contributed by atoms with Gasteiger partial charge < -0.3 is 4.79 Å². The van der Waals surface area contributed by atoms with Gasteiger partial charge in [0.25, 0.3) is 0 Å². The molecule has 1 heterocycles. The lowest BCUT2D eigenvalue weighted by Gasteiger charge is -2.42. The summed E-state index contributed by atoms with van der Waals surface area (Å²) in [4.78, 5) is 15.9. The van der Waals surface area contributed by atoms with Crippen LogP contribution in [-0.2, 0) is 16.6 Å².